The van der Waals surface area contributed by atoms with E-state index in [0.29, 0.717) is 0 Å². The first-order valence-corrected chi connectivity index (χ1v) is 14.6. The summed E-state index contributed by atoms with van der Waals surface area (Å²) in [5.74, 6) is 0. The molecule has 2 heteroatoms. The molecule has 0 aliphatic carbocycles. The topological polar surface area (TPSA) is 3.24 Å². The minimum atomic E-state index is 1.01. The Balaban J connectivity index is 1.93. The zero-order valence-electron chi connectivity index (χ0n) is 20.6. The molecule has 0 spiro atoms. The number of alkyl halides is 1. The van der Waals surface area contributed by atoms with Crippen LogP contribution in [-0.2, 0) is 6.54 Å². The zero-order valence-corrected chi connectivity index (χ0v) is 22.2. The molecule has 0 amide bonds. The van der Waals surface area contributed by atoms with Crippen LogP contribution in [0.1, 0.15) is 122 Å². The summed E-state index contributed by atoms with van der Waals surface area (Å²) in [6.07, 6.45) is 26.6. The molecule has 1 radical (unpaired) electrons. The molecule has 179 valence electrons. The van der Waals surface area contributed by atoms with E-state index in [4.69, 9.17) is 0 Å². The average molecular weight is 494 g/mol. The fourth-order valence-corrected chi connectivity index (χ4v) is 4.67. The smallest absolute Gasteiger partial charge is 0.0233 e. The highest BCUT2D eigenvalue weighted by atomic mass is 79.9. The van der Waals surface area contributed by atoms with Gasteiger partial charge in [-0.3, -0.25) is 4.90 Å². The van der Waals surface area contributed by atoms with Crippen molar-refractivity contribution in [3.05, 3.63) is 42.3 Å². The molecular formula is C29H51BrN. The van der Waals surface area contributed by atoms with Crippen LogP contribution in [0.25, 0.3) is 0 Å². The number of hydrogen-bond acceptors (Lipinski definition) is 1. The van der Waals surface area contributed by atoms with Crippen molar-refractivity contribution < 1.29 is 0 Å². The van der Waals surface area contributed by atoms with E-state index in [9.17, 15) is 0 Å². The summed E-state index contributed by atoms with van der Waals surface area (Å²) in [6.45, 7) is 5.81. The van der Waals surface area contributed by atoms with Crippen LogP contribution in [-0.4, -0.2) is 23.3 Å². The molecule has 1 aromatic carbocycles. The molecular weight excluding hydrogens is 442 g/mol. The van der Waals surface area contributed by atoms with Gasteiger partial charge in [0, 0.05) is 11.9 Å². The maximum atomic E-state index is 3.52. The van der Waals surface area contributed by atoms with Gasteiger partial charge in [-0.25, -0.2) is 0 Å². The number of halogens is 1. The second kappa shape index (κ2) is 22.8. The Morgan fingerprint density at radius 2 is 1.13 bits per heavy atom. The van der Waals surface area contributed by atoms with E-state index in [-0.39, 0.29) is 0 Å². The number of hydrogen-bond donors (Lipinski definition) is 0. The molecule has 0 saturated heterocycles. The monoisotopic (exact) mass is 492 g/mol. The lowest BCUT2D eigenvalue weighted by Crippen LogP contribution is -2.25. The first-order valence-electron chi connectivity index (χ1n) is 13.5. The molecule has 0 bridgehead atoms. The Hall–Kier alpha value is -0.340. The molecule has 1 aromatic rings. The Morgan fingerprint density at radius 1 is 0.645 bits per heavy atom. The van der Waals surface area contributed by atoms with Crippen LogP contribution < -0.4 is 0 Å². The molecule has 1 rings (SSSR count). The minimum absolute atomic E-state index is 1.01. The van der Waals surface area contributed by atoms with E-state index in [0.717, 1.165) is 11.9 Å². The van der Waals surface area contributed by atoms with Crippen LogP contribution in [0, 0.1) is 6.42 Å². The van der Waals surface area contributed by atoms with Gasteiger partial charge in [0.05, 0.1) is 0 Å². The fraction of sp³-hybridized carbons (Fsp3) is 0.759. The summed E-state index contributed by atoms with van der Waals surface area (Å²) in [5.41, 5.74) is 1.44. The van der Waals surface area contributed by atoms with Crippen LogP contribution in [0.15, 0.2) is 30.3 Å². The maximum absolute atomic E-state index is 3.52. The lowest BCUT2D eigenvalue weighted by atomic mass is 10.0. The normalized spacial score (nSPS) is 11.5. The van der Waals surface area contributed by atoms with E-state index >= 15 is 0 Å². The van der Waals surface area contributed by atoms with Gasteiger partial charge in [0.2, 0.25) is 0 Å². The molecule has 0 heterocycles. The molecule has 0 aromatic heterocycles. The van der Waals surface area contributed by atoms with Gasteiger partial charge in [-0.1, -0.05) is 149 Å². The minimum Gasteiger partial charge on any atom is -0.299 e. The molecule has 0 aliphatic heterocycles. The zero-order chi connectivity index (χ0) is 22.2. The second-order valence-corrected chi connectivity index (χ2v) is 9.94. The van der Waals surface area contributed by atoms with Crippen molar-refractivity contribution in [2.45, 2.75) is 123 Å². The Labute approximate surface area is 203 Å². The fourth-order valence-electron chi connectivity index (χ4n) is 4.35. The first kappa shape index (κ1) is 28.7. The average Bonchev–Trinajstić information content (AvgIpc) is 2.79. The summed E-state index contributed by atoms with van der Waals surface area (Å²) < 4.78 is 0. The molecule has 0 atom stereocenters. The van der Waals surface area contributed by atoms with Crippen molar-refractivity contribution in [1.29, 1.82) is 0 Å². The van der Waals surface area contributed by atoms with Crippen molar-refractivity contribution in [2.75, 3.05) is 18.4 Å². The van der Waals surface area contributed by atoms with Gasteiger partial charge in [-0.2, -0.15) is 0 Å². The number of benzene rings is 1. The SMILES string of the molecule is CCCCCCCCCCCCCCCCCCN(CC[CH]CBr)Cc1ccccc1. The molecule has 31 heavy (non-hydrogen) atoms. The van der Waals surface area contributed by atoms with Crippen LogP contribution in [0.5, 0.6) is 0 Å². The predicted molar refractivity (Wildman–Crippen MR) is 144 cm³/mol. The van der Waals surface area contributed by atoms with Crippen LogP contribution >= 0.6 is 15.9 Å². The van der Waals surface area contributed by atoms with E-state index < -0.39 is 0 Å². The van der Waals surface area contributed by atoms with Gasteiger partial charge in [0.25, 0.3) is 0 Å². The van der Waals surface area contributed by atoms with Crippen molar-refractivity contribution >= 4 is 15.9 Å². The van der Waals surface area contributed by atoms with Gasteiger partial charge in [0.1, 0.15) is 0 Å². The number of unbranched alkanes of at least 4 members (excludes halogenated alkanes) is 16. The van der Waals surface area contributed by atoms with Gasteiger partial charge >= 0.3 is 0 Å². The highest BCUT2D eigenvalue weighted by Gasteiger charge is 2.06. The Kier molecular flexibility index (Phi) is 21.1. The third-order valence-corrected chi connectivity index (χ3v) is 6.79. The molecule has 0 N–H and O–H groups in total. The van der Waals surface area contributed by atoms with E-state index in [1.165, 1.54) is 128 Å². The molecule has 0 unspecified atom stereocenters. The van der Waals surface area contributed by atoms with E-state index in [1.807, 2.05) is 0 Å². The highest BCUT2D eigenvalue weighted by molar-refractivity contribution is 9.09. The van der Waals surface area contributed by atoms with Crippen molar-refractivity contribution in [2.24, 2.45) is 0 Å². The lowest BCUT2D eigenvalue weighted by molar-refractivity contribution is 0.261. The Morgan fingerprint density at radius 3 is 1.61 bits per heavy atom. The molecule has 0 aliphatic rings. The molecule has 0 fully saturated rings. The summed E-state index contributed by atoms with van der Waals surface area (Å²) >= 11 is 3.52. The summed E-state index contributed by atoms with van der Waals surface area (Å²) in [5, 5.41) is 1.01. The number of rotatable bonds is 23. The van der Waals surface area contributed by atoms with Gasteiger partial charge in [-0.15, -0.1) is 0 Å². The van der Waals surface area contributed by atoms with Gasteiger partial charge in [0.15, 0.2) is 0 Å². The third-order valence-electron chi connectivity index (χ3n) is 6.34. The second-order valence-electron chi connectivity index (χ2n) is 9.30. The maximum Gasteiger partial charge on any atom is 0.0233 e. The highest BCUT2D eigenvalue weighted by Crippen LogP contribution is 2.14. The molecule has 0 saturated carbocycles. The van der Waals surface area contributed by atoms with Crippen LogP contribution in [0.2, 0.25) is 0 Å². The summed E-state index contributed by atoms with van der Waals surface area (Å²) in [6, 6.07) is 10.9. The van der Waals surface area contributed by atoms with Crippen molar-refractivity contribution in [1.82, 2.24) is 4.90 Å². The van der Waals surface area contributed by atoms with E-state index in [2.05, 4.69) is 64.5 Å². The predicted octanol–water partition coefficient (Wildman–Crippen LogP) is 9.74. The standard InChI is InChI=1S/C29H51BrN/c1-2-3-4-5-6-7-8-9-10-11-12-13-14-15-16-21-26-31(27-22-20-25-30)28-29-23-18-17-19-24-29/h17-20,23-24H,2-16,21-22,25-28H2,1H3. The van der Waals surface area contributed by atoms with Crippen molar-refractivity contribution in [3.63, 3.8) is 0 Å². The lowest BCUT2D eigenvalue weighted by Gasteiger charge is -2.22. The van der Waals surface area contributed by atoms with Gasteiger partial charge in [-0.05, 0) is 37.9 Å². The third kappa shape index (κ3) is 18.9. The van der Waals surface area contributed by atoms with Gasteiger partial charge < -0.3 is 0 Å². The van der Waals surface area contributed by atoms with Crippen LogP contribution in [0.3, 0.4) is 0 Å². The largest absolute Gasteiger partial charge is 0.299 e. The van der Waals surface area contributed by atoms with Crippen molar-refractivity contribution in [3.8, 4) is 0 Å². The summed E-state index contributed by atoms with van der Waals surface area (Å²) in [4.78, 5) is 2.64. The Bertz CT molecular complexity index is 461. The summed E-state index contributed by atoms with van der Waals surface area (Å²) in [7, 11) is 0. The molecule has 1 nitrogen and oxygen atoms in total. The number of nitrogens with zero attached hydrogens (tertiary/aromatic N) is 1. The van der Waals surface area contributed by atoms with Crippen LogP contribution in [0.4, 0.5) is 0 Å². The quantitative estimate of drug-likeness (QED) is 0.108. The van der Waals surface area contributed by atoms with E-state index in [1.54, 1.807) is 0 Å². The first-order chi connectivity index (χ1) is 15.4.